The summed E-state index contributed by atoms with van der Waals surface area (Å²) in [7, 11) is 2.17. The van der Waals surface area contributed by atoms with Gasteiger partial charge in [-0.3, -0.25) is 0 Å². The highest BCUT2D eigenvalue weighted by Crippen LogP contribution is 2.40. The maximum absolute atomic E-state index is 5.95. The topological polar surface area (TPSA) is 54.6 Å². The summed E-state index contributed by atoms with van der Waals surface area (Å²) in [6.45, 7) is 9.49. The standard InChI is InChI=1S/C13H24N4OS/c1-9(2)18-11-12(14)15-19-13(11)17-7-5-6-16(4)8-10(17)3/h9-10H,5-8H2,1-4H3,(H2,14,15). The van der Waals surface area contributed by atoms with E-state index in [1.807, 2.05) is 13.8 Å². The molecule has 19 heavy (non-hydrogen) atoms. The van der Waals surface area contributed by atoms with Crippen molar-refractivity contribution in [2.75, 3.05) is 37.3 Å². The van der Waals surface area contributed by atoms with Crippen LogP contribution in [0.25, 0.3) is 0 Å². The van der Waals surface area contributed by atoms with Crippen LogP contribution in [0, 0.1) is 0 Å². The molecule has 2 heterocycles. The Hall–Kier alpha value is -1.01. The minimum Gasteiger partial charge on any atom is -0.484 e. The molecule has 0 aliphatic carbocycles. The van der Waals surface area contributed by atoms with Gasteiger partial charge in [-0.2, -0.15) is 4.37 Å². The normalized spacial score (nSPS) is 21.7. The molecule has 5 nitrogen and oxygen atoms in total. The van der Waals surface area contributed by atoms with Crippen LogP contribution in [0.1, 0.15) is 27.2 Å². The first-order valence-electron chi connectivity index (χ1n) is 6.86. The van der Waals surface area contributed by atoms with E-state index in [1.54, 1.807) is 0 Å². The van der Waals surface area contributed by atoms with Crippen molar-refractivity contribution in [1.82, 2.24) is 9.27 Å². The summed E-state index contributed by atoms with van der Waals surface area (Å²) in [6, 6.07) is 0.446. The van der Waals surface area contributed by atoms with Gasteiger partial charge in [0.2, 0.25) is 0 Å². The van der Waals surface area contributed by atoms with Crippen LogP contribution in [-0.4, -0.2) is 48.1 Å². The molecule has 1 aromatic heterocycles. The minimum atomic E-state index is 0.113. The number of nitrogens with two attached hydrogens (primary N) is 1. The zero-order valence-corrected chi connectivity index (χ0v) is 13.0. The number of nitrogen functional groups attached to an aromatic ring is 1. The summed E-state index contributed by atoms with van der Waals surface area (Å²) in [5.41, 5.74) is 5.95. The predicted molar refractivity (Wildman–Crippen MR) is 81.2 cm³/mol. The predicted octanol–water partition coefficient (Wildman–Crippen LogP) is 2.04. The van der Waals surface area contributed by atoms with Gasteiger partial charge in [-0.25, -0.2) is 0 Å². The lowest BCUT2D eigenvalue weighted by Crippen LogP contribution is -2.37. The van der Waals surface area contributed by atoms with Crippen LogP contribution in [0.4, 0.5) is 10.8 Å². The zero-order valence-electron chi connectivity index (χ0n) is 12.2. The Bertz CT molecular complexity index is 421. The molecule has 1 aromatic rings. The lowest BCUT2D eigenvalue weighted by Gasteiger charge is -2.29. The smallest absolute Gasteiger partial charge is 0.198 e. The molecule has 108 valence electrons. The van der Waals surface area contributed by atoms with Crippen molar-refractivity contribution < 1.29 is 4.74 Å². The summed E-state index contributed by atoms with van der Waals surface area (Å²) in [4.78, 5) is 4.76. The Morgan fingerprint density at radius 2 is 2.16 bits per heavy atom. The summed E-state index contributed by atoms with van der Waals surface area (Å²) in [5.74, 6) is 1.27. The van der Waals surface area contributed by atoms with E-state index in [0.29, 0.717) is 11.9 Å². The number of aromatic nitrogens is 1. The summed E-state index contributed by atoms with van der Waals surface area (Å²) < 4.78 is 10.1. The van der Waals surface area contributed by atoms with Crippen LogP contribution < -0.4 is 15.4 Å². The Balaban J connectivity index is 2.24. The van der Waals surface area contributed by atoms with Crippen molar-refractivity contribution in [2.24, 2.45) is 0 Å². The number of anilines is 2. The minimum absolute atomic E-state index is 0.113. The highest BCUT2D eigenvalue weighted by Gasteiger charge is 2.26. The monoisotopic (exact) mass is 284 g/mol. The molecule has 1 atom stereocenters. The number of likely N-dealkylation sites (N-methyl/N-ethyl adjacent to an activating group) is 1. The molecule has 1 saturated heterocycles. The average molecular weight is 284 g/mol. The highest BCUT2D eigenvalue weighted by molar-refractivity contribution is 7.11. The second kappa shape index (κ2) is 5.96. The van der Waals surface area contributed by atoms with E-state index in [9.17, 15) is 0 Å². The van der Waals surface area contributed by atoms with Crippen LogP contribution in [-0.2, 0) is 0 Å². The number of ether oxygens (including phenoxy) is 1. The van der Waals surface area contributed by atoms with Crippen LogP contribution >= 0.6 is 11.5 Å². The molecule has 0 saturated carbocycles. The van der Waals surface area contributed by atoms with Crippen molar-refractivity contribution in [3.05, 3.63) is 0 Å². The van der Waals surface area contributed by atoms with E-state index in [-0.39, 0.29) is 6.10 Å². The summed E-state index contributed by atoms with van der Waals surface area (Å²) in [5, 5.41) is 1.08. The fraction of sp³-hybridized carbons (Fsp3) is 0.769. The Morgan fingerprint density at radius 1 is 1.42 bits per heavy atom. The number of hydrogen-bond acceptors (Lipinski definition) is 6. The summed E-state index contributed by atoms with van der Waals surface area (Å²) in [6.07, 6.45) is 1.27. The zero-order chi connectivity index (χ0) is 14.0. The number of nitrogens with zero attached hydrogens (tertiary/aromatic N) is 3. The summed E-state index contributed by atoms with van der Waals surface area (Å²) >= 11 is 1.45. The third-order valence-corrected chi connectivity index (χ3v) is 4.20. The van der Waals surface area contributed by atoms with Crippen LogP contribution in [0.2, 0.25) is 0 Å². The molecule has 0 amide bonds. The fourth-order valence-electron chi connectivity index (χ4n) is 2.49. The van der Waals surface area contributed by atoms with Gasteiger partial charge in [-0.05, 0) is 52.3 Å². The number of rotatable bonds is 3. The molecule has 1 unspecified atom stereocenters. The molecule has 6 heteroatoms. The SMILES string of the molecule is CC(C)Oc1c(N)nsc1N1CCCN(C)CC1C. The van der Waals surface area contributed by atoms with Gasteiger partial charge in [0.15, 0.2) is 16.6 Å². The van der Waals surface area contributed by atoms with Gasteiger partial charge in [0.1, 0.15) is 0 Å². The molecule has 0 aromatic carbocycles. The second-order valence-electron chi connectivity index (χ2n) is 5.53. The van der Waals surface area contributed by atoms with E-state index in [1.165, 1.54) is 11.5 Å². The molecule has 2 N–H and O–H groups in total. The van der Waals surface area contributed by atoms with Crippen LogP contribution in [0.5, 0.6) is 5.75 Å². The van der Waals surface area contributed by atoms with Gasteiger partial charge in [-0.1, -0.05) is 0 Å². The van der Waals surface area contributed by atoms with Gasteiger partial charge < -0.3 is 20.3 Å². The number of hydrogen-bond donors (Lipinski definition) is 1. The molecule has 1 aliphatic rings. The third kappa shape index (κ3) is 3.30. The second-order valence-corrected chi connectivity index (χ2v) is 6.28. The van der Waals surface area contributed by atoms with Gasteiger partial charge in [-0.15, -0.1) is 0 Å². The van der Waals surface area contributed by atoms with Crippen molar-refractivity contribution in [1.29, 1.82) is 0 Å². The van der Waals surface area contributed by atoms with Gasteiger partial charge >= 0.3 is 0 Å². The molecular weight excluding hydrogens is 260 g/mol. The van der Waals surface area contributed by atoms with E-state index >= 15 is 0 Å². The quantitative estimate of drug-likeness (QED) is 0.920. The molecule has 0 radical (unpaired) electrons. The Labute approximate surface area is 119 Å². The highest BCUT2D eigenvalue weighted by atomic mass is 32.1. The largest absolute Gasteiger partial charge is 0.484 e. The van der Waals surface area contributed by atoms with Gasteiger partial charge in [0.05, 0.1) is 6.10 Å². The molecular formula is C13H24N4OS. The van der Waals surface area contributed by atoms with Crippen molar-refractivity contribution in [3.63, 3.8) is 0 Å². The lowest BCUT2D eigenvalue weighted by atomic mass is 10.3. The molecule has 2 rings (SSSR count). The Kier molecular flexibility index (Phi) is 4.52. The lowest BCUT2D eigenvalue weighted by molar-refractivity contribution is 0.244. The third-order valence-electron chi connectivity index (χ3n) is 3.32. The fourth-order valence-corrected chi connectivity index (χ4v) is 3.37. The average Bonchev–Trinajstić information content (AvgIpc) is 2.56. The van der Waals surface area contributed by atoms with E-state index in [4.69, 9.17) is 10.5 Å². The maximum atomic E-state index is 5.95. The molecule has 0 spiro atoms. The maximum Gasteiger partial charge on any atom is 0.198 e. The first-order valence-corrected chi connectivity index (χ1v) is 7.63. The van der Waals surface area contributed by atoms with E-state index in [0.717, 1.165) is 36.8 Å². The van der Waals surface area contributed by atoms with Crippen molar-refractivity contribution >= 4 is 22.4 Å². The molecule has 1 fully saturated rings. The van der Waals surface area contributed by atoms with Crippen molar-refractivity contribution in [3.8, 4) is 5.75 Å². The first kappa shape index (κ1) is 14.4. The molecule has 1 aliphatic heterocycles. The first-order chi connectivity index (χ1) is 8.99. The van der Waals surface area contributed by atoms with Crippen LogP contribution in [0.15, 0.2) is 0 Å². The van der Waals surface area contributed by atoms with Crippen LogP contribution in [0.3, 0.4) is 0 Å². The Morgan fingerprint density at radius 3 is 2.84 bits per heavy atom. The molecule has 0 bridgehead atoms. The van der Waals surface area contributed by atoms with Crippen molar-refractivity contribution in [2.45, 2.75) is 39.3 Å². The van der Waals surface area contributed by atoms with E-state index in [2.05, 4.69) is 28.1 Å². The van der Waals surface area contributed by atoms with Gasteiger partial charge in [0.25, 0.3) is 0 Å². The van der Waals surface area contributed by atoms with E-state index < -0.39 is 0 Å². The van der Waals surface area contributed by atoms with Gasteiger partial charge in [0, 0.05) is 19.1 Å².